The van der Waals surface area contributed by atoms with E-state index in [1.54, 1.807) is 0 Å². The molecule has 0 heterocycles. The monoisotopic (exact) mass is 1490 g/mol. The number of aliphatic hydroxyl groups excluding tert-OH is 1. The minimum atomic E-state index is -5.01. The minimum absolute atomic E-state index is 0.00308. The van der Waals surface area contributed by atoms with Crippen LogP contribution in [0.1, 0.15) is 297 Å². The Morgan fingerprint density at radius 1 is 0.279 bits per heavy atom. The Morgan fingerprint density at radius 3 is 0.846 bits per heavy atom. The van der Waals surface area contributed by atoms with Crippen molar-refractivity contribution in [2.75, 3.05) is 39.6 Å². The second-order valence-corrected chi connectivity index (χ2v) is 28.8. The van der Waals surface area contributed by atoms with Crippen molar-refractivity contribution in [2.45, 2.75) is 316 Å². The van der Waals surface area contributed by atoms with Gasteiger partial charge in [-0.1, -0.05) is 263 Å². The first-order chi connectivity index (χ1) is 50.7. The lowest BCUT2D eigenvalue weighted by Gasteiger charge is -2.21. The molecule has 592 valence electrons. The van der Waals surface area contributed by atoms with Gasteiger partial charge >= 0.3 is 39.5 Å². The van der Waals surface area contributed by atoms with Crippen molar-refractivity contribution in [2.24, 2.45) is 0 Å². The summed E-state index contributed by atoms with van der Waals surface area (Å²) in [6, 6.07) is 0. The number of aliphatic hydroxyl groups is 1. The molecule has 0 saturated heterocycles. The average Bonchev–Trinajstić information content (AvgIpc) is 0.911. The Hall–Kier alpha value is -5.32. The molecule has 0 aromatic heterocycles. The zero-order chi connectivity index (χ0) is 76.0. The number of hydrogen-bond acceptors (Lipinski definition) is 15. The van der Waals surface area contributed by atoms with Crippen molar-refractivity contribution in [3.63, 3.8) is 0 Å². The zero-order valence-electron chi connectivity index (χ0n) is 64.6. The van der Waals surface area contributed by atoms with Gasteiger partial charge in [-0.25, -0.2) is 9.13 Å². The molecule has 0 saturated carbocycles. The van der Waals surface area contributed by atoms with Gasteiger partial charge in [0.05, 0.1) is 26.4 Å². The van der Waals surface area contributed by atoms with Crippen LogP contribution in [-0.2, 0) is 65.4 Å². The predicted molar refractivity (Wildman–Crippen MR) is 427 cm³/mol. The first-order valence-electron chi connectivity index (χ1n) is 39.7. The van der Waals surface area contributed by atoms with Crippen LogP contribution in [0.2, 0.25) is 0 Å². The van der Waals surface area contributed by atoms with Crippen molar-refractivity contribution in [1.29, 1.82) is 0 Å². The van der Waals surface area contributed by atoms with Gasteiger partial charge in [-0.2, -0.15) is 0 Å². The highest BCUT2D eigenvalue weighted by Gasteiger charge is 2.30. The molecule has 17 nitrogen and oxygen atoms in total. The molecule has 0 aromatic rings. The minimum Gasteiger partial charge on any atom is -0.462 e. The Labute approximate surface area is 629 Å². The van der Waals surface area contributed by atoms with Gasteiger partial charge in [0.1, 0.15) is 19.3 Å². The van der Waals surface area contributed by atoms with Crippen molar-refractivity contribution >= 4 is 39.5 Å². The molecule has 0 radical (unpaired) electrons. The lowest BCUT2D eigenvalue weighted by Crippen LogP contribution is -2.30. The number of rotatable bonds is 73. The van der Waals surface area contributed by atoms with Crippen LogP contribution in [0.15, 0.2) is 158 Å². The number of unbranched alkanes of at least 4 members (excludes halogenated alkanes) is 21. The van der Waals surface area contributed by atoms with Crippen LogP contribution in [0.4, 0.5) is 0 Å². The van der Waals surface area contributed by atoms with Crippen molar-refractivity contribution < 1.29 is 80.2 Å². The number of carbonyl (C=O) groups excluding carboxylic acids is 4. The van der Waals surface area contributed by atoms with Crippen LogP contribution in [0.25, 0.3) is 0 Å². The summed E-state index contributed by atoms with van der Waals surface area (Å²) in [6.07, 6.45) is 88.0. The molecule has 0 amide bonds. The van der Waals surface area contributed by atoms with Crippen LogP contribution in [0, 0.1) is 0 Å². The summed E-state index contributed by atoms with van der Waals surface area (Å²) in [5, 5.41) is 10.6. The maximum Gasteiger partial charge on any atom is 0.472 e. The summed E-state index contributed by atoms with van der Waals surface area (Å²) in [5.41, 5.74) is 0. The van der Waals surface area contributed by atoms with E-state index in [1.807, 2.05) is 12.2 Å². The molecular weight excluding hydrogens is 1350 g/mol. The Balaban J connectivity index is 5.47. The maximum absolute atomic E-state index is 13.1. The highest BCUT2D eigenvalue weighted by Crippen LogP contribution is 2.45. The number of carbonyl (C=O) groups is 4. The normalized spacial score (nSPS) is 14.7. The van der Waals surface area contributed by atoms with Crippen LogP contribution >= 0.6 is 15.6 Å². The number of phosphoric acid groups is 2. The summed E-state index contributed by atoms with van der Waals surface area (Å²) < 4.78 is 68.5. The maximum atomic E-state index is 13.1. The van der Waals surface area contributed by atoms with E-state index in [2.05, 4.69) is 174 Å². The van der Waals surface area contributed by atoms with Gasteiger partial charge < -0.3 is 33.8 Å². The van der Waals surface area contributed by atoms with Crippen molar-refractivity contribution in [3.05, 3.63) is 158 Å². The topological polar surface area (TPSA) is 237 Å². The molecule has 0 spiro atoms. The fraction of sp³-hybridized carbons (Fsp3) is 0.647. The highest BCUT2D eigenvalue weighted by molar-refractivity contribution is 7.47. The molecule has 19 heteroatoms. The van der Waals surface area contributed by atoms with Crippen molar-refractivity contribution in [1.82, 2.24) is 0 Å². The predicted octanol–water partition coefficient (Wildman–Crippen LogP) is 23.2. The van der Waals surface area contributed by atoms with E-state index in [-0.39, 0.29) is 25.7 Å². The van der Waals surface area contributed by atoms with Crippen molar-refractivity contribution in [3.8, 4) is 0 Å². The second-order valence-electron chi connectivity index (χ2n) is 25.9. The number of phosphoric ester groups is 2. The van der Waals surface area contributed by atoms with Crippen LogP contribution in [0.5, 0.6) is 0 Å². The molecule has 3 N–H and O–H groups in total. The van der Waals surface area contributed by atoms with E-state index in [4.69, 9.17) is 37.0 Å². The van der Waals surface area contributed by atoms with Gasteiger partial charge in [0.15, 0.2) is 12.2 Å². The highest BCUT2D eigenvalue weighted by atomic mass is 31.2. The summed E-state index contributed by atoms with van der Waals surface area (Å²) in [4.78, 5) is 73.0. The van der Waals surface area contributed by atoms with Gasteiger partial charge in [-0.3, -0.25) is 37.3 Å². The van der Waals surface area contributed by atoms with E-state index < -0.39 is 97.5 Å². The Morgan fingerprint density at radius 2 is 0.510 bits per heavy atom. The lowest BCUT2D eigenvalue weighted by molar-refractivity contribution is -0.161. The van der Waals surface area contributed by atoms with Gasteiger partial charge in [-0.15, -0.1) is 0 Å². The molecule has 0 aliphatic carbocycles. The molecule has 104 heavy (non-hydrogen) atoms. The van der Waals surface area contributed by atoms with Crippen LogP contribution < -0.4 is 0 Å². The summed E-state index contributed by atoms with van der Waals surface area (Å²) in [5.74, 6) is -2.31. The zero-order valence-corrected chi connectivity index (χ0v) is 66.4. The third-order valence-corrected chi connectivity index (χ3v) is 17.9. The Kier molecular flexibility index (Phi) is 72.0. The molecule has 0 aliphatic heterocycles. The first-order valence-corrected chi connectivity index (χ1v) is 42.7. The second kappa shape index (κ2) is 75.9. The molecule has 0 fully saturated rings. The third-order valence-electron chi connectivity index (χ3n) is 16.0. The van der Waals surface area contributed by atoms with E-state index in [0.717, 1.165) is 167 Å². The average molecular weight is 1500 g/mol. The number of ether oxygens (including phenoxy) is 4. The number of hydrogen-bond donors (Lipinski definition) is 3. The summed E-state index contributed by atoms with van der Waals surface area (Å²) >= 11 is 0. The number of esters is 4. The Bertz CT molecular complexity index is 2590. The quantitative estimate of drug-likeness (QED) is 0.0169. The summed E-state index contributed by atoms with van der Waals surface area (Å²) in [6.45, 7) is 4.47. The third kappa shape index (κ3) is 74.9. The molecule has 0 aromatic carbocycles. The molecule has 0 aliphatic rings. The fourth-order valence-electron chi connectivity index (χ4n) is 9.95. The smallest absolute Gasteiger partial charge is 0.462 e. The standard InChI is InChI=1S/C85H140O17P2/c1-5-9-13-17-21-25-29-33-36-38-39-41-43-47-50-54-58-62-66-70-83(88)96-76-81(102-85(90)72-68-64-60-56-52-48-44-40-37-34-30-26-22-18-14-10-6-2)78-100-104(93,94)98-74-79(86)73-97-103(91,92)99-77-80(101-84(89)71-67-63-59-55-51-45-32-28-24-20-16-12-8-4)75-95-82(87)69-65-61-57-53-49-46-42-35-31-27-23-19-15-11-7-3/h9-10,13-14,21-23,25-28,32-37,39,41-42,44,47-48,50,56,60,79-81,86H,5-8,11-12,15-20,24,29-31,38,40,43,45-46,49,51-55,57-59,61-78H2,1-4H3,(H,91,92)(H,93,94)/b13-9-,14-10-,25-21-,26-22-,27-23-,32-28-,36-33-,37-34-,41-39-,42-35-,48-44-,50-47-,60-56-. The molecule has 0 rings (SSSR count). The van der Waals surface area contributed by atoms with E-state index in [1.165, 1.54) is 44.9 Å². The largest absolute Gasteiger partial charge is 0.472 e. The van der Waals surface area contributed by atoms with Gasteiger partial charge in [0.25, 0.3) is 0 Å². The molecule has 5 unspecified atom stereocenters. The van der Waals surface area contributed by atoms with Crippen LogP contribution in [-0.4, -0.2) is 96.7 Å². The first kappa shape index (κ1) is 98.7. The van der Waals surface area contributed by atoms with E-state index >= 15 is 0 Å². The summed E-state index contributed by atoms with van der Waals surface area (Å²) in [7, 11) is -10.0. The molecular formula is C85H140O17P2. The van der Waals surface area contributed by atoms with Gasteiger partial charge in [0.2, 0.25) is 0 Å². The van der Waals surface area contributed by atoms with Gasteiger partial charge in [-0.05, 0) is 167 Å². The SMILES string of the molecule is CC/C=C\C/C=C\C/C=C\C/C=C\C/C=C\CCCCCC(=O)OCC(COP(=O)(O)OCC(O)COP(=O)(O)OCC(COC(=O)CCCCCCC/C=C\C/C=C\CCCCC)OC(=O)CCCCCCC/C=C\CCCCCC)OC(=O)CCC/C=C\C/C=C\C/C=C\C/C=C\C/C=C\CC. The van der Waals surface area contributed by atoms with E-state index in [9.17, 15) is 43.2 Å². The number of allylic oxidation sites excluding steroid dienone is 26. The van der Waals surface area contributed by atoms with E-state index in [0.29, 0.717) is 32.1 Å². The molecule has 0 bridgehead atoms. The fourth-order valence-corrected chi connectivity index (χ4v) is 11.5. The van der Waals surface area contributed by atoms with Gasteiger partial charge in [0, 0.05) is 25.7 Å². The van der Waals surface area contributed by atoms with Crippen LogP contribution in [0.3, 0.4) is 0 Å². The lowest BCUT2D eigenvalue weighted by atomic mass is 10.1. The molecule has 5 atom stereocenters.